The molecule has 2 N–H and O–H groups in total. The molecular weight excluding hydrogens is 250 g/mol. The van der Waals surface area contributed by atoms with Crippen LogP contribution >= 0.6 is 0 Å². The van der Waals surface area contributed by atoms with Crippen LogP contribution in [0.3, 0.4) is 0 Å². The lowest BCUT2D eigenvalue weighted by molar-refractivity contribution is 0.154. The van der Waals surface area contributed by atoms with E-state index in [0.717, 1.165) is 37.4 Å². The predicted molar refractivity (Wildman–Crippen MR) is 81.2 cm³/mol. The third-order valence-electron chi connectivity index (χ3n) is 4.38. The Morgan fingerprint density at radius 1 is 1.10 bits per heavy atom. The Morgan fingerprint density at radius 3 is 2.75 bits per heavy atom. The van der Waals surface area contributed by atoms with Crippen LogP contribution in [0.5, 0.6) is 5.75 Å². The van der Waals surface area contributed by atoms with Crippen molar-refractivity contribution in [2.45, 2.75) is 57.1 Å². The minimum absolute atomic E-state index is 0.284. The summed E-state index contributed by atoms with van der Waals surface area (Å²) in [5.74, 6) is 0.911. The highest BCUT2D eigenvalue weighted by atomic mass is 16.5. The van der Waals surface area contributed by atoms with Crippen molar-refractivity contribution in [3.05, 3.63) is 18.5 Å². The van der Waals surface area contributed by atoms with Crippen molar-refractivity contribution in [2.75, 3.05) is 18.0 Å². The molecule has 0 radical (unpaired) electrons. The maximum absolute atomic E-state index is 6.09. The zero-order valence-electron chi connectivity index (χ0n) is 12.1. The number of rotatable bonds is 3. The summed E-state index contributed by atoms with van der Waals surface area (Å²) in [6.07, 6.45) is 12.7. The number of aromatic nitrogens is 1. The maximum Gasteiger partial charge on any atom is 0.140 e. The van der Waals surface area contributed by atoms with E-state index in [1.807, 2.05) is 12.4 Å². The van der Waals surface area contributed by atoms with Crippen molar-refractivity contribution in [1.29, 1.82) is 0 Å². The van der Waals surface area contributed by atoms with E-state index in [2.05, 4.69) is 16.0 Å². The number of piperidine rings is 1. The summed E-state index contributed by atoms with van der Waals surface area (Å²) in [4.78, 5) is 6.67. The van der Waals surface area contributed by atoms with Crippen LogP contribution in [0.15, 0.2) is 18.5 Å². The van der Waals surface area contributed by atoms with Crippen molar-refractivity contribution < 1.29 is 4.74 Å². The molecule has 2 fully saturated rings. The lowest BCUT2D eigenvalue weighted by Gasteiger charge is -2.32. The van der Waals surface area contributed by atoms with Gasteiger partial charge in [0.2, 0.25) is 0 Å². The van der Waals surface area contributed by atoms with Gasteiger partial charge in [0.05, 0.1) is 24.2 Å². The first kappa shape index (κ1) is 13.7. The molecular formula is C16H25N3O. The molecule has 0 spiro atoms. The van der Waals surface area contributed by atoms with Gasteiger partial charge in [0, 0.05) is 25.2 Å². The van der Waals surface area contributed by atoms with Gasteiger partial charge >= 0.3 is 0 Å². The smallest absolute Gasteiger partial charge is 0.140 e. The summed E-state index contributed by atoms with van der Waals surface area (Å²) in [6.45, 7) is 2.00. The maximum atomic E-state index is 6.09. The molecule has 1 atom stereocenters. The summed E-state index contributed by atoms with van der Waals surface area (Å²) in [7, 11) is 0. The highest BCUT2D eigenvalue weighted by Gasteiger charge is 2.19. The van der Waals surface area contributed by atoms with Gasteiger partial charge in [-0.2, -0.15) is 0 Å². The third kappa shape index (κ3) is 3.42. The van der Waals surface area contributed by atoms with Crippen molar-refractivity contribution in [2.24, 2.45) is 5.73 Å². The van der Waals surface area contributed by atoms with E-state index < -0.39 is 0 Å². The van der Waals surface area contributed by atoms with Gasteiger partial charge in [-0.05, 0) is 38.5 Å². The Morgan fingerprint density at radius 2 is 1.95 bits per heavy atom. The van der Waals surface area contributed by atoms with Gasteiger partial charge in [-0.1, -0.05) is 6.42 Å². The Labute approximate surface area is 121 Å². The second-order valence-electron chi connectivity index (χ2n) is 6.11. The normalized spacial score (nSPS) is 24.6. The van der Waals surface area contributed by atoms with Gasteiger partial charge in [0.25, 0.3) is 0 Å². The fourth-order valence-corrected chi connectivity index (χ4v) is 3.26. The van der Waals surface area contributed by atoms with E-state index in [4.69, 9.17) is 10.5 Å². The molecule has 0 amide bonds. The van der Waals surface area contributed by atoms with Crippen LogP contribution in [-0.2, 0) is 0 Å². The highest BCUT2D eigenvalue weighted by Crippen LogP contribution is 2.26. The number of ether oxygens (including phenoxy) is 1. The lowest BCUT2D eigenvalue weighted by atomic mass is 9.98. The lowest BCUT2D eigenvalue weighted by Crippen LogP contribution is -2.42. The number of nitrogens with zero attached hydrogens (tertiary/aromatic N) is 2. The number of hydrogen-bond donors (Lipinski definition) is 1. The third-order valence-corrected chi connectivity index (χ3v) is 4.38. The molecule has 1 saturated carbocycles. The number of anilines is 1. The quantitative estimate of drug-likeness (QED) is 0.921. The first-order valence-electron chi connectivity index (χ1n) is 7.93. The van der Waals surface area contributed by atoms with Gasteiger partial charge in [0.15, 0.2) is 0 Å². The van der Waals surface area contributed by atoms with Crippen LogP contribution in [0.2, 0.25) is 0 Å². The van der Waals surface area contributed by atoms with Crippen LogP contribution in [-0.4, -0.2) is 30.2 Å². The molecule has 1 aliphatic heterocycles. The van der Waals surface area contributed by atoms with Crippen LogP contribution in [0.4, 0.5) is 5.69 Å². The number of hydrogen-bond acceptors (Lipinski definition) is 4. The van der Waals surface area contributed by atoms with E-state index in [9.17, 15) is 0 Å². The van der Waals surface area contributed by atoms with Gasteiger partial charge < -0.3 is 15.4 Å². The van der Waals surface area contributed by atoms with Crippen molar-refractivity contribution in [3.8, 4) is 5.75 Å². The zero-order chi connectivity index (χ0) is 13.8. The SMILES string of the molecule is NC1CCCN(c2cncc(OC3CCCCC3)c2)C1. The molecule has 2 aliphatic rings. The molecule has 0 aromatic carbocycles. The Hall–Kier alpha value is -1.29. The van der Waals surface area contributed by atoms with Gasteiger partial charge in [0.1, 0.15) is 5.75 Å². The Kier molecular flexibility index (Phi) is 4.41. The summed E-state index contributed by atoms with van der Waals surface area (Å²) in [6, 6.07) is 2.41. The Balaban J connectivity index is 1.65. The van der Waals surface area contributed by atoms with Crippen LogP contribution < -0.4 is 15.4 Å². The second-order valence-corrected chi connectivity index (χ2v) is 6.11. The van der Waals surface area contributed by atoms with E-state index in [1.165, 1.54) is 32.1 Å². The van der Waals surface area contributed by atoms with Crippen LogP contribution in [0.25, 0.3) is 0 Å². The molecule has 20 heavy (non-hydrogen) atoms. The number of pyridine rings is 1. The van der Waals surface area contributed by atoms with Gasteiger partial charge in [-0.25, -0.2) is 0 Å². The zero-order valence-corrected chi connectivity index (χ0v) is 12.1. The minimum Gasteiger partial charge on any atom is -0.489 e. The average molecular weight is 275 g/mol. The van der Waals surface area contributed by atoms with Gasteiger partial charge in [-0.3, -0.25) is 4.98 Å². The molecule has 1 aliphatic carbocycles. The molecule has 3 rings (SSSR count). The van der Waals surface area contributed by atoms with Crippen molar-refractivity contribution >= 4 is 5.69 Å². The fraction of sp³-hybridized carbons (Fsp3) is 0.688. The first-order chi connectivity index (χ1) is 9.81. The molecule has 0 bridgehead atoms. The first-order valence-corrected chi connectivity index (χ1v) is 7.93. The molecule has 1 saturated heterocycles. The summed E-state index contributed by atoms with van der Waals surface area (Å²) < 4.78 is 6.09. The molecule has 1 aromatic heterocycles. The standard InChI is InChI=1S/C16H25N3O/c17-13-5-4-8-19(12-13)14-9-16(11-18-10-14)20-15-6-2-1-3-7-15/h9-11,13,15H,1-8,12,17H2. The van der Waals surface area contributed by atoms with E-state index in [0.29, 0.717) is 6.10 Å². The minimum atomic E-state index is 0.284. The largest absolute Gasteiger partial charge is 0.489 e. The van der Waals surface area contributed by atoms with Gasteiger partial charge in [-0.15, -0.1) is 0 Å². The second kappa shape index (κ2) is 6.44. The molecule has 4 heteroatoms. The highest BCUT2D eigenvalue weighted by molar-refractivity contribution is 5.48. The molecule has 4 nitrogen and oxygen atoms in total. The topological polar surface area (TPSA) is 51.4 Å². The van der Waals surface area contributed by atoms with E-state index in [1.54, 1.807) is 0 Å². The molecule has 1 aromatic rings. The van der Waals surface area contributed by atoms with E-state index >= 15 is 0 Å². The van der Waals surface area contributed by atoms with Crippen molar-refractivity contribution in [3.63, 3.8) is 0 Å². The Bertz CT molecular complexity index is 431. The molecule has 2 heterocycles. The summed E-state index contributed by atoms with van der Waals surface area (Å²) >= 11 is 0. The van der Waals surface area contributed by atoms with Crippen LogP contribution in [0, 0.1) is 0 Å². The van der Waals surface area contributed by atoms with Crippen molar-refractivity contribution in [1.82, 2.24) is 4.98 Å². The fourth-order valence-electron chi connectivity index (χ4n) is 3.26. The summed E-state index contributed by atoms with van der Waals surface area (Å²) in [5.41, 5.74) is 7.20. The van der Waals surface area contributed by atoms with Crippen LogP contribution in [0.1, 0.15) is 44.9 Å². The number of nitrogens with two attached hydrogens (primary N) is 1. The monoisotopic (exact) mass is 275 g/mol. The average Bonchev–Trinajstić information content (AvgIpc) is 2.49. The van der Waals surface area contributed by atoms with E-state index in [-0.39, 0.29) is 6.04 Å². The summed E-state index contributed by atoms with van der Waals surface area (Å²) in [5, 5.41) is 0. The predicted octanol–water partition coefficient (Wildman–Crippen LogP) is 2.72. The molecule has 1 unspecified atom stereocenters. The molecule has 110 valence electrons.